The molecule has 0 saturated carbocycles. The van der Waals surface area contributed by atoms with Crippen molar-refractivity contribution in [1.29, 1.82) is 0 Å². The van der Waals surface area contributed by atoms with Crippen molar-refractivity contribution in [3.05, 3.63) is 214 Å². The smallest absolute Gasteiger partial charge is 0.166 e. The largest absolute Gasteiger partial charge is 0.489 e. The Balaban J connectivity index is 0.000000149. The summed E-state index contributed by atoms with van der Waals surface area (Å²) in [6.45, 7) is 11.9. The standard InChI is InChI=1S/C23H27Cl2FN6O.C22H24Cl2FN5O2.C21H22Cl2FN5O2.C17H14Cl2F2N4O/c1-13(20-21(24)17(26)9-18(22(20)25)31(2)3)33-19-8-14(10-29-23(19)27)15-11-30-32(12-15)16-4-6-28-7-5-16;1-12(31-18-7-13(9-28-22(18)26)14-10-29-30(2)11-14)19-20(23)16(25)8-17(21(19)24)32-15-3-5-27-6-4-15;1-11(30-17-5-12(7-27-21(17)25)13-8-28-29(2)10-13)18-19(22)15(24)6-16(20(18)23)31-14-3-4-26-9-14;1-8(14-15(18)11(20)4-12(21)16(14)19)26-13-3-9(5-23-17(13)22)10-6-24-25(2)7-10/h8-13,16,28H,4-7H2,1-3H3,(H2,27,29);7-12,15,27H,3-6H2,1-2H3,(H2,26,28);5-8,10-11,14,26H,3-4,9H2,1-2H3,(H2,25,27);3-8H,1-2H3,(H2,22,23). The van der Waals surface area contributed by atoms with Crippen molar-refractivity contribution in [3.63, 3.8) is 0 Å². The molecule has 5 unspecified atom stereocenters. The number of nitrogens with one attached hydrogen (secondary N) is 3. The zero-order valence-electron chi connectivity index (χ0n) is 67.4. The molecule has 15 rings (SSSR count). The normalized spacial score (nSPS) is 15.2. The van der Waals surface area contributed by atoms with Crippen molar-refractivity contribution in [1.82, 2.24) is 75.0 Å². The number of nitrogen functional groups attached to an aromatic ring is 4. The molecule has 12 aromatic rings. The fourth-order valence-corrected chi connectivity index (χ4v) is 16.5. The number of nitrogens with two attached hydrogens (primary N) is 4. The summed E-state index contributed by atoms with van der Waals surface area (Å²) in [5.41, 5.74) is 32.0. The molecule has 26 nitrogen and oxygen atoms in total. The first-order valence-corrected chi connectivity index (χ1v) is 41.4. The lowest BCUT2D eigenvalue weighted by Gasteiger charge is -2.26. The van der Waals surface area contributed by atoms with Crippen LogP contribution in [0.4, 0.5) is 50.9 Å². The third kappa shape index (κ3) is 21.8. The quantitative estimate of drug-likeness (QED) is 0.0245. The van der Waals surface area contributed by atoms with E-state index in [0.29, 0.717) is 57.7 Å². The third-order valence-corrected chi connectivity index (χ3v) is 23.2. The summed E-state index contributed by atoms with van der Waals surface area (Å²) in [6.07, 6.45) is 22.4. The number of hydrogen-bond donors (Lipinski definition) is 7. The second-order valence-electron chi connectivity index (χ2n) is 29.2. The maximum atomic E-state index is 14.7. The molecule has 11 heterocycles. The average Bonchev–Trinajstić information content (AvgIpc) is 1.30. The fraction of sp³-hybridized carbons (Fsp3) is 0.325. The van der Waals surface area contributed by atoms with Gasteiger partial charge in [-0.25, -0.2) is 41.9 Å². The van der Waals surface area contributed by atoms with Gasteiger partial charge in [0.05, 0.1) is 76.7 Å². The first-order chi connectivity index (χ1) is 58.2. The number of piperidine rings is 2. The Kier molecular flexibility index (Phi) is 30.3. The predicted octanol–water partition coefficient (Wildman–Crippen LogP) is 19.1. The minimum absolute atomic E-state index is 0.00276. The van der Waals surface area contributed by atoms with Crippen LogP contribution in [-0.2, 0) is 21.1 Å². The maximum Gasteiger partial charge on any atom is 0.166 e. The maximum absolute atomic E-state index is 14.7. The van der Waals surface area contributed by atoms with E-state index >= 15 is 0 Å². The summed E-state index contributed by atoms with van der Waals surface area (Å²) in [7, 11) is 8.99. The molecule has 3 aliphatic rings. The van der Waals surface area contributed by atoms with Crippen LogP contribution in [0.2, 0.25) is 40.2 Å². The number of aryl methyl sites for hydroxylation is 3. The molecule has 3 fully saturated rings. The van der Waals surface area contributed by atoms with Gasteiger partial charge < -0.3 is 72.2 Å². The molecule has 4 aromatic carbocycles. The van der Waals surface area contributed by atoms with Gasteiger partial charge in [0.25, 0.3) is 0 Å². The van der Waals surface area contributed by atoms with Crippen LogP contribution >= 0.6 is 92.8 Å². The third-order valence-electron chi connectivity index (χ3n) is 20.1. The number of halogens is 13. The molecule has 39 heteroatoms. The van der Waals surface area contributed by atoms with Gasteiger partial charge in [0.1, 0.15) is 77.2 Å². The van der Waals surface area contributed by atoms with E-state index in [4.69, 9.17) is 144 Å². The second kappa shape index (κ2) is 40.5. The molecule has 0 spiro atoms. The van der Waals surface area contributed by atoms with Crippen LogP contribution in [0.1, 0.15) is 113 Å². The van der Waals surface area contributed by atoms with Gasteiger partial charge >= 0.3 is 0 Å². The first kappa shape index (κ1) is 91.2. The van der Waals surface area contributed by atoms with Crippen LogP contribution in [0.15, 0.2) is 123 Å². The Labute approximate surface area is 740 Å². The van der Waals surface area contributed by atoms with E-state index in [9.17, 15) is 22.0 Å². The van der Waals surface area contributed by atoms with Crippen molar-refractivity contribution >= 4 is 122 Å². The van der Waals surface area contributed by atoms with Gasteiger partial charge in [-0.3, -0.25) is 18.7 Å². The molecule has 0 aliphatic carbocycles. The number of aromatic nitrogens is 12. The van der Waals surface area contributed by atoms with Gasteiger partial charge in [-0.2, -0.15) is 20.4 Å². The number of rotatable bonds is 22. The molecule has 3 aliphatic heterocycles. The van der Waals surface area contributed by atoms with E-state index in [-0.39, 0.29) is 99.0 Å². The van der Waals surface area contributed by atoms with Crippen LogP contribution in [0.3, 0.4) is 0 Å². The molecular weight excluding hydrogens is 1750 g/mol. The van der Waals surface area contributed by atoms with Crippen molar-refractivity contribution in [2.24, 2.45) is 21.1 Å². The summed E-state index contributed by atoms with van der Waals surface area (Å²) in [4.78, 5) is 18.5. The minimum atomic E-state index is -0.922. The van der Waals surface area contributed by atoms with E-state index < -0.39 is 53.5 Å². The molecule has 11 N–H and O–H groups in total. The molecule has 5 atom stereocenters. The average molecular weight is 1840 g/mol. The highest BCUT2D eigenvalue weighted by atomic mass is 35.5. The van der Waals surface area contributed by atoms with E-state index in [2.05, 4.69) is 56.3 Å². The number of hydrogen-bond acceptors (Lipinski definition) is 22. The van der Waals surface area contributed by atoms with Crippen LogP contribution in [0.25, 0.3) is 44.5 Å². The monoisotopic (exact) mass is 1830 g/mol. The summed E-state index contributed by atoms with van der Waals surface area (Å²) < 4.78 is 114. The van der Waals surface area contributed by atoms with Gasteiger partial charge in [-0.15, -0.1) is 0 Å². The molecule has 646 valence electrons. The number of ether oxygens (including phenoxy) is 6. The molecule has 3 saturated heterocycles. The number of anilines is 5. The van der Waals surface area contributed by atoms with Gasteiger partial charge in [0.2, 0.25) is 0 Å². The van der Waals surface area contributed by atoms with Gasteiger partial charge in [-0.05, 0) is 117 Å². The fourth-order valence-electron chi connectivity index (χ4n) is 13.6. The first-order valence-electron chi connectivity index (χ1n) is 38.4. The predicted molar refractivity (Wildman–Crippen MR) is 468 cm³/mol. The lowest BCUT2D eigenvalue weighted by Crippen LogP contribution is -2.34. The van der Waals surface area contributed by atoms with Crippen molar-refractivity contribution in [2.45, 2.75) is 102 Å². The lowest BCUT2D eigenvalue weighted by atomic mass is 10.1. The summed E-state index contributed by atoms with van der Waals surface area (Å²) in [5, 5.41) is 26.6. The van der Waals surface area contributed by atoms with Crippen LogP contribution in [-0.4, -0.2) is 125 Å². The van der Waals surface area contributed by atoms with Crippen molar-refractivity contribution < 1.29 is 50.4 Å². The van der Waals surface area contributed by atoms with E-state index in [0.717, 1.165) is 109 Å². The second-order valence-corrected chi connectivity index (χ2v) is 32.2. The SMILES string of the molecule is CC(Oc1cc(-c2cnn(C)c2)cnc1N)c1c(Cl)c(F)cc(F)c1Cl.CC(Oc1cc(-c2cnn(C)c2)cnc1N)c1c(Cl)c(F)cc(OC2CCNC2)c1Cl.CC(Oc1cc(-c2cnn(C)c2)cnc1N)c1c(Cl)c(F)cc(OC2CCNCC2)c1Cl.CC(Oc1cc(-c2cnn(C3CCNCC3)c2)cnc1N)c1c(Cl)c(F)cc(N(C)C)c1Cl. The Bertz CT molecular complexity index is 5690. The van der Waals surface area contributed by atoms with Crippen molar-refractivity contribution in [2.75, 3.05) is 81.2 Å². The highest BCUT2D eigenvalue weighted by Crippen LogP contribution is 2.47. The van der Waals surface area contributed by atoms with Gasteiger partial charge in [0, 0.05) is 182 Å². The Morgan fingerprint density at radius 1 is 0.361 bits per heavy atom. The molecule has 122 heavy (non-hydrogen) atoms. The van der Waals surface area contributed by atoms with Crippen LogP contribution in [0.5, 0.6) is 34.5 Å². The van der Waals surface area contributed by atoms with Gasteiger partial charge in [-0.1, -0.05) is 92.8 Å². The molecule has 0 bridgehead atoms. The summed E-state index contributed by atoms with van der Waals surface area (Å²) in [5.74, 6) is -1.22. The highest BCUT2D eigenvalue weighted by Gasteiger charge is 2.31. The number of pyridine rings is 4. The lowest BCUT2D eigenvalue weighted by molar-refractivity contribution is 0.161. The molecule has 8 aromatic heterocycles. The van der Waals surface area contributed by atoms with Gasteiger partial charge in [0.15, 0.2) is 46.3 Å². The topological polar surface area (TPSA) is 322 Å². The highest BCUT2D eigenvalue weighted by molar-refractivity contribution is 6.39. The Morgan fingerprint density at radius 2 is 0.664 bits per heavy atom. The minimum Gasteiger partial charge on any atom is -0.489 e. The summed E-state index contributed by atoms with van der Waals surface area (Å²) >= 11 is 50.4. The zero-order chi connectivity index (χ0) is 87.7. The molecular formula is C83H87Cl8F5N20O6. The van der Waals surface area contributed by atoms with E-state index in [1.807, 2.05) is 43.6 Å². The van der Waals surface area contributed by atoms with Crippen LogP contribution < -0.4 is 72.2 Å². The van der Waals surface area contributed by atoms with E-state index in [1.165, 1.54) is 18.2 Å². The summed E-state index contributed by atoms with van der Waals surface area (Å²) in [6, 6.07) is 11.7. The van der Waals surface area contributed by atoms with E-state index in [1.54, 1.807) is 142 Å². The Hall–Kier alpha value is -10.0. The van der Waals surface area contributed by atoms with Crippen molar-refractivity contribution in [3.8, 4) is 79.0 Å². The zero-order valence-corrected chi connectivity index (χ0v) is 73.4. The molecule has 0 radical (unpaired) electrons. The number of benzene rings is 4. The van der Waals surface area contributed by atoms with Crippen LogP contribution in [0, 0.1) is 29.1 Å². The Morgan fingerprint density at radius 3 is 1.01 bits per heavy atom. The molecule has 0 amide bonds. The number of nitrogens with zero attached hydrogens (tertiary/aromatic N) is 13.